The van der Waals surface area contributed by atoms with Crippen LogP contribution >= 0.6 is 11.8 Å². The van der Waals surface area contributed by atoms with E-state index in [0.29, 0.717) is 11.4 Å². The zero-order valence-electron chi connectivity index (χ0n) is 10.2. The number of nitrogens with zero attached hydrogens (tertiary/aromatic N) is 1. The van der Waals surface area contributed by atoms with Crippen molar-refractivity contribution in [1.82, 2.24) is 4.98 Å². The Hall–Kier alpha value is -1.52. The number of benzene rings is 1. The van der Waals surface area contributed by atoms with Gasteiger partial charge in [0, 0.05) is 5.75 Å². The zero-order chi connectivity index (χ0) is 13.0. The lowest BCUT2D eigenvalue weighted by molar-refractivity contribution is 0.0839. The van der Waals surface area contributed by atoms with Crippen molar-refractivity contribution in [3.63, 3.8) is 0 Å². The Morgan fingerprint density at radius 2 is 1.94 bits per heavy atom. The molecule has 0 saturated heterocycles. The fourth-order valence-corrected chi connectivity index (χ4v) is 2.46. The smallest absolute Gasteiger partial charge is 0.0962 e. The Morgan fingerprint density at radius 3 is 2.56 bits per heavy atom. The number of hydrogen-bond donors (Lipinski definition) is 2. The third-order valence-corrected chi connectivity index (χ3v) is 3.90. The molecular weight excluding hydrogens is 244 g/mol. The maximum atomic E-state index is 10.4. The van der Waals surface area contributed by atoms with E-state index >= 15 is 0 Å². The van der Waals surface area contributed by atoms with Gasteiger partial charge in [0.25, 0.3) is 0 Å². The molecule has 3 nitrogen and oxygen atoms in total. The van der Waals surface area contributed by atoms with Crippen LogP contribution in [0, 0.1) is 0 Å². The molecule has 0 bridgehead atoms. The number of nitrogens with two attached hydrogens (primary N) is 1. The van der Waals surface area contributed by atoms with Crippen molar-refractivity contribution in [1.29, 1.82) is 0 Å². The number of pyridine rings is 1. The van der Waals surface area contributed by atoms with Crippen molar-refractivity contribution in [3.8, 4) is 0 Å². The largest absolute Gasteiger partial charge is 0.397 e. The average molecular weight is 260 g/mol. The van der Waals surface area contributed by atoms with Gasteiger partial charge in [0.15, 0.2) is 0 Å². The topological polar surface area (TPSA) is 59.1 Å². The molecule has 1 aromatic carbocycles. The van der Waals surface area contributed by atoms with Gasteiger partial charge < -0.3 is 10.8 Å². The molecule has 4 heteroatoms. The molecule has 1 unspecified atom stereocenters. The molecular formula is C14H16N2OS. The lowest BCUT2D eigenvalue weighted by Crippen LogP contribution is -2.24. The van der Waals surface area contributed by atoms with Crippen LogP contribution in [0.3, 0.4) is 0 Å². The van der Waals surface area contributed by atoms with Crippen molar-refractivity contribution in [2.45, 2.75) is 17.6 Å². The summed E-state index contributed by atoms with van der Waals surface area (Å²) in [7, 11) is 0. The van der Waals surface area contributed by atoms with E-state index < -0.39 is 5.60 Å². The molecule has 0 fully saturated rings. The van der Waals surface area contributed by atoms with Gasteiger partial charge in [-0.3, -0.25) is 0 Å². The fraction of sp³-hybridized carbons (Fsp3) is 0.214. The Balaban J connectivity index is 2.03. The summed E-state index contributed by atoms with van der Waals surface area (Å²) in [6.45, 7) is 1.81. The Kier molecular flexibility index (Phi) is 3.89. The molecule has 0 saturated carbocycles. The van der Waals surface area contributed by atoms with Gasteiger partial charge in [0.05, 0.1) is 22.5 Å². The fourth-order valence-electron chi connectivity index (χ4n) is 1.57. The monoisotopic (exact) mass is 260 g/mol. The lowest BCUT2D eigenvalue weighted by atomic mass is 9.99. The van der Waals surface area contributed by atoms with Crippen molar-refractivity contribution >= 4 is 17.4 Å². The Morgan fingerprint density at radius 1 is 1.22 bits per heavy atom. The highest BCUT2D eigenvalue weighted by molar-refractivity contribution is 7.99. The third kappa shape index (κ3) is 3.24. The van der Waals surface area contributed by atoms with Crippen LogP contribution in [0.5, 0.6) is 0 Å². The number of anilines is 1. The van der Waals surface area contributed by atoms with E-state index in [2.05, 4.69) is 4.98 Å². The van der Waals surface area contributed by atoms with E-state index in [-0.39, 0.29) is 0 Å². The van der Waals surface area contributed by atoms with E-state index in [9.17, 15) is 5.11 Å². The van der Waals surface area contributed by atoms with Gasteiger partial charge in [0.2, 0.25) is 0 Å². The number of hydrogen-bond acceptors (Lipinski definition) is 4. The van der Waals surface area contributed by atoms with Crippen LogP contribution in [-0.2, 0) is 5.60 Å². The zero-order valence-corrected chi connectivity index (χ0v) is 11.0. The summed E-state index contributed by atoms with van der Waals surface area (Å²) in [5, 5.41) is 11.3. The maximum absolute atomic E-state index is 10.4. The van der Waals surface area contributed by atoms with Crippen LogP contribution in [0.4, 0.5) is 5.69 Å². The van der Waals surface area contributed by atoms with Gasteiger partial charge in [-0.25, -0.2) is 4.98 Å². The number of aliphatic hydroxyl groups is 1. The standard InChI is InChI=1S/C14H16N2OS/c1-14(17,11-5-3-2-4-6-11)10-18-13-8-7-12(15)9-16-13/h2-9,17H,10,15H2,1H3. The number of rotatable bonds is 4. The summed E-state index contributed by atoms with van der Waals surface area (Å²) >= 11 is 1.51. The molecule has 1 aromatic heterocycles. The second-order valence-electron chi connectivity index (χ2n) is 4.36. The summed E-state index contributed by atoms with van der Waals surface area (Å²) in [6.07, 6.45) is 1.62. The van der Waals surface area contributed by atoms with E-state index in [4.69, 9.17) is 5.73 Å². The highest BCUT2D eigenvalue weighted by atomic mass is 32.2. The first-order chi connectivity index (χ1) is 8.58. The van der Waals surface area contributed by atoms with Gasteiger partial charge >= 0.3 is 0 Å². The second-order valence-corrected chi connectivity index (χ2v) is 5.35. The minimum atomic E-state index is -0.866. The van der Waals surface area contributed by atoms with Crippen LogP contribution in [0.25, 0.3) is 0 Å². The van der Waals surface area contributed by atoms with Crippen LogP contribution in [-0.4, -0.2) is 15.8 Å². The van der Waals surface area contributed by atoms with Crippen molar-refractivity contribution < 1.29 is 5.11 Å². The maximum Gasteiger partial charge on any atom is 0.0962 e. The molecule has 2 rings (SSSR count). The molecule has 1 atom stereocenters. The molecule has 3 N–H and O–H groups in total. The van der Waals surface area contributed by atoms with Gasteiger partial charge in [-0.05, 0) is 24.6 Å². The molecule has 0 aliphatic rings. The summed E-state index contributed by atoms with van der Waals surface area (Å²) in [6, 6.07) is 13.3. The van der Waals surface area contributed by atoms with Crippen LogP contribution in [0.1, 0.15) is 12.5 Å². The Bertz CT molecular complexity index is 497. The molecule has 0 amide bonds. The summed E-state index contributed by atoms with van der Waals surface area (Å²) < 4.78 is 0. The van der Waals surface area contributed by atoms with Crippen LogP contribution < -0.4 is 5.73 Å². The van der Waals surface area contributed by atoms with Gasteiger partial charge in [-0.2, -0.15) is 0 Å². The first-order valence-corrected chi connectivity index (χ1v) is 6.69. The molecule has 1 heterocycles. The number of aromatic nitrogens is 1. The van der Waals surface area contributed by atoms with E-state index in [1.165, 1.54) is 11.8 Å². The number of nitrogen functional groups attached to an aromatic ring is 1. The average Bonchev–Trinajstić information content (AvgIpc) is 2.39. The molecule has 0 aliphatic heterocycles. The quantitative estimate of drug-likeness (QED) is 0.830. The molecule has 2 aromatic rings. The van der Waals surface area contributed by atoms with E-state index in [0.717, 1.165) is 10.6 Å². The van der Waals surface area contributed by atoms with Crippen LogP contribution in [0.2, 0.25) is 0 Å². The summed E-state index contributed by atoms with van der Waals surface area (Å²) in [4.78, 5) is 4.20. The lowest BCUT2D eigenvalue weighted by Gasteiger charge is -2.23. The normalized spacial score (nSPS) is 14.1. The third-order valence-electron chi connectivity index (χ3n) is 2.66. The molecule has 94 valence electrons. The van der Waals surface area contributed by atoms with E-state index in [1.54, 1.807) is 6.20 Å². The Labute approximate surface area is 111 Å². The first kappa shape index (κ1) is 12.9. The minimum Gasteiger partial charge on any atom is -0.397 e. The molecule has 0 aliphatic carbocycles. The first-order valence-electron chi connectivity index (χ1n) is 5.70. The predicted octanol–water partition coefficient (Wildman–Crippen LogP) is 2.66. The molecule has 18 heavy (non-hydrogen) atoms. The minimum absolute atomic E-state index is 0.550. The molecule has 0 radical (unpaired) electrons. The highest BCUT2D eigenvalue weighted by Crippen LogP contribution is 2.28. The summed E-state index contributed by atoms with van der Waals surface area (Å²) in [5.41, 5.74) is 6.27. The van der Waals surface area contributed by atoms with Crippen molar-refractivity contribution in [3.05, 3.63) is 54.2 Å². The number of thioether (sulfide) groups is 1. The van der Waals surface area contributed by atoms with E-state index in [1.807, 2.05) is 49.4 Å². The highest BCUT2D eigenvalue weighted by Gasteiger charge is 2.23. The summed E-state index contributed by atoms with van der Waals surface area (Å²) in [5.74, 6) is 0.550. The van der Waals surface area contributed by atoms with Gasteiger partial charge in [-0.15, -0.1) is 11.8 Å². The second kappa shape index (κ2) is 5.42. The van der Waals surface area contributed by atoms with Gasteiger partial charge in [0.1, 0.15) is 0 Å². The molecule has 0 spiro atoms. The van der Waals surface area contributed by atoms with Crippen molar-refractivity contribution in [2.24, 2.45) is 0 Å². The van der Waals surface area contributed by atoms with Crippen LogP contribution in [0.15, 0.2) is 53.7 Å². The SMILES string of the molecule is CC(O)(CSc1ccc(N)cn1)c1ccccc1. The van der Waals surface area contributed by atoms with Crippen molar-refractivity contribution in [2.75, 3.05) is 11.5 Å². The predicted molar refractivity (Wildman–Crippen MR) is 75.4 cm³/mol. The van der Waals surface area contributed by atoms with Gasteiger partial charge in [-0.1, -0.05) is 30.3 Å².